The Bertz CT molecular complexity index is 1160. The first-order valence-electron chi connectivity index (χ1n) is 9.05. The minimum absolute atomic E-state index is 0.189. The number of benzene rings is 2. The molecule has 2 heterocycles. The van der Waals surface area contributed by atoms with E-state index < -0.39 is 0 Å². The Morgan fingerprint density at radius 1 is 1.07 bits per heavy atom. The fourth-order valence-electron chi connectivity index (χ4n) is 3.30. The second-order valence-corrected chi connectivity index (χ2v) is 8.35. The summed E-state index contributed by atoms with van der Waals surface area (Å²) in [4.78, 5) is 16.3. The number of hydrogen-bond donors (Lipinski definition) is 0. The van der Waals surface area contributed by atoms with Crippen molar-refractivity contribution in [3.8, 4) is 0 Å². The summed E-state index contributed by atoms with van der Waals surface area (Å²) in [6.07, 6.45) is 0. The first-order valence-corrected chi connectivity index (χ1v) is 10.3. The number of carbonyl (C=O) groups excluding carboxylic acids is 1. The molecule has 0 unspecified atom stereocenters. The molecule has 0 saturated heterocycles. The van der Waals surface area contributed by atoms with Gasteiger partial charge in [-0.05, 0) is 67.6 Å². The monoisotopic (exact) mass is 409 g/mol. The molecule has 0 bridgehead atoms. The van der Waals surface area contributed by atoms with Gasteiger partial charge in [0.1, 0.15) is 5.58 Å². The molecule has 4 aromatic rings. The molecule has 0 aliphatic rings. The Morgan fingerprint density at radius 2 is 1.82 bits per heavy atom. The van der Waals surface area contributed by atoms with Gasteiger partial charge in [-0.3, -0.25) is 9.69 Å². The van der Waals surface area contributed by atoms with Gasteiger partial charge in [-0.1, -0.05) is 29.8 Å². The molecule has 0 aliphatic carbocycles. The van der Waals surface area contributed by atoms with Crippen LogP contribution in [0.2, 0.25) is 5.02 Å². The van der Waals surface area contributed by atoms with Gasteiger partial charge in [0, 0.05) is 15.8 Å². The van der Waals surface area contributed by atoms with E-state index in [9.17, 15) is 4.79 Å². The summed E-state index contributed by atoms with van der Waals surface area (Å²) in [5.74, 6) is 0.169. The molecule has 0 radical (unpaired) electrons. The number of halogens is 1. The third kappa shape index (κ3) is 3.34. The van der Waals surface area contributed by atoms with Crippen molar-refractivity contribution in [3.63, 3.8) is 0 Å². The zero-order valence-electron chi connectivity index (χ0n) is 16.0. The van der Waals surface area contributed by atoms with Gasteiger partial charge in [0.2, 0.25) is 0 Å². The smallest absolute Gasteiger partial charge is 0.294 e. The van der Waals surface area contributed by atoms with Crippen molar-refractivity contribution in [2.24, 2.45) is 0 Å². The van der Waals surface area contributed by atoms with Crippen LogP contribution in [0, 0.1) is 20.8 Å². The number of anilines is 1. The van der Waals surface area contributed by atoms with E-state index in [0.29, 0.717) is 23.0 Å². The Hall–Kier alpha value is -2.56. The number of furan rings is 1. The summed E-state index contributed by atoms with van der Waals surface area (Å²) in [6, 6.07) is 15.5. The van der Waals surface area contributed by atoms with E-state index in [0.717, 1.165) is 27.0 Å². The molecule has 0 aliphatic heterocycles. The van der Waals surface area contributed by atoms with Gasteiger partial charge in [0.15, 0.2) is 5.76 Å². The molecule has 0 saturated carbocycles. The first kappa shape index (κ1) is 18.8. The average Bonchev–Trinajstić information content (AvgIpc) is 3.29. The summed E-state index contributed by atoms with van der Waals surface area (Å²) in [5, 5.41) is 3.51. The van der Waals surface area contributed by atoms with Gasteiger partial charge >= 0.3 is 0 Å². The van der Waals surface area contributed by atoms with Crippen LogP contribution in [-0.4, -0.2) is 5.91 Å². The van der Waals surface area contributed by atoms with E-state index in [-0.39, 0.29) is 5.91 Å². The van der Waals surface area contributed by atoms with Crippen LogP contribution >= 0.6 is 22.9 Å². The number of amides is 1. The maximum absolute atomic E-state index is 13.6. The Labute approximate surface area is 173 Å². The Balaban J connectivity index is 1.82. The summed E-state index contributed by atoms with van der Waals surface area (Å²) >= 11 is 8.04. The van der Waals surface area contributed by atoms with E-state index in [1.165, 1.54) is 5.56 Å². The van der Waals surface area contributed by atoms with E-state index in [2.05, 4.69) is 13.0 Å². The van der Waals surface area contributed by atoms with E-state index in [4.69, 9.17) is 16.0 Å². The van der Waals surface area contributed by atoms with Crippen molar-refractivity contribution in [3.05, 3.63) is 86.3 Å². The van der Waals surface area contributed by atoms with Crippen LogP contribution in [0.4, 0.5) is 5.69 Å². The average molecular weight is 410 g/mol. The van der Waals surface area contributed by atoms with Crippen molar-refractivity contribution < 1.29 is 9.21 Å². The molecule has 5 heteroatoms. The summed E-state index contributed by atoms with van der Waals surface area (Å²) < 4.78 is 6.03. The molecule has 1 amide bonds. The van der Waals surface area contributed by atoms with Crippen LogP contribution in [0.25, 0.3) is 11.0 Å². The van der Waals surface area contributed by atoms with Gasteiger partial charge in [-0.2, -0.15) is 0 Å². The van der Waals surface area contributed by atoms with Crippen molar-refractivity contribution in [2.45, 2.75) is 27.3 Å². The van der Waals surface area contributed by atoms with Gasteiger partial charge in [-0.15, -0.1) is 11.3 Å². The van der Waals surface area contributed by atoms with Crippen LogP contribution < -0.4 is 4.90 Å². The second-order valence-electron chi connectivity index (χ2n) is 6.91. The van der Waals surface area contributed by atoms with Crippen LogP contribution in [0.1, 0.15) is 32.1 Å². The fourth-order valence-corrected chi connectivity index (χ4v) is 4.23. The highest BCUT2D eigenvalue weighted by Gasteiger charge is 2.26. The lowest BCUT2D eigenvalue weighted by atomic mass is 10.0. The predicted octanol–water partition coefficient (Wildman–Crippen LogP) is 6.92. The van der Waals surface area contributed by atoms with Crippen LogP contribution in [0.5, 0.6) is 0 Å². The molecule has 2 aromatic carbocycles. The summed E-state index contributed by atoms with van der Waals surface area (Å²) in [7, 11) is 0. The normalized spacial score (nSPS) is 11.1. The molecule has 142 valence electrons. The zero-order chi connectivity index (χ0) is 19.8. The van der Waals surface area contributed by atoms with Crippen molar-refractivity contribution in [1.29, 1.82) is 0 Å². The third-order valence-corrected chi connectivity index (χ3v) is 6.21. The number of fused-ring (bicyclic) bond motifs is 1. The number of rotatable bonds is 4. The molecule has 0 spiro atoms. The molecule has 4 rings (SSSR count). The summed E-state index contributed by atoms with van der Waals surface area (Å²) in [5.41, 5.74) is 4.58. The molecule has 0 atom stereocenters. The minimum atomic E-state index is -0.189. The van der Waals surface area contributed by atoms with E-state index >= 15 is 0 Å². The first-order chi connectivity index (χ1) is 13.5. The quantitative estimate of drug-likeness (QED) is 0.366. The molecule has 0 fully saturated rings. The maximum Gasteiger partial charge on any atom is 0.294 e. The molecule has 28 heavy (non-hydrogen) atoms. The lowest BCUT2D eigenvalue weighted by molar-refractivity contribution is 0.0960. The van der Waals surface area contributed by atoms with Crippen LogP contribution in [-0.2, 0) is 6.54 Å². The predicted molar refractivity (Wildman–Crippen MR) is 117 cm³/mol. The second kappa shape index (κ2) is 7.46. The minimum Gasteiger partial charge on any atom is -0.451 e. The highest BCUT2D eigenvalue weighted by atomic mass is 35.5. The highest BCUT2D eigenvalue weighted by molar-refractivity contribution is 7.09. The lowest BCUT2D eigenvalue weighted by Crippen LogP contribution is -2.30. The molecule has 2 aromatic heterocycles. The topological polar surface area (TPSA) is 33.5 Å². The molecule has 0 N–H and O–H groups in total. The van der Waals surface area contributed by atoms with Gasteiger partial charge in [0.05, 0.1) is 17.3 Å². The number of thiophene rings is 1. The molecule has 3 nitrogen and oxygen atoms in total. The number of para-hydroxylation sites is 1. The largest absolute Gasteiger partial charge is 0.451 e. The van der Waals surface area contributed by atoms with Crippen molar-refractivity contribution in [2.75, 3.05) is 4.90 Å². The van der Waals surface area contributed by atoms with Crippen LogP contribution in [0.3, 0.4) is 0 Å². The zero-order valence-corrected chi connectivity index (χ0v) is 17.5. The SMILES string of the molecule is Cc1cc2oc(C(=O)N(Cc3cccs3)c3ccccc3Cl)c(C)c2cc1C. The van der Waals surface area contributed by atoms with Gasteiger partial charge in [0.25, 0.3) is 5.91 Å². The lowest BCUT2D eigenvalue weighted by Gasteiger charge is -2.22. The van der Waals surface area contributed by atoms with E-state index in [1.54, 1.807) is 22.3 Å². The standard InChI is InChI=1S/C23H20ClNO2S/c1-14-11-18-16(3)22(27-21(18)12-15(14)2)23(26)25(13-17-7-6-10-28-17)20-9-5-4-8-19(20)24/h4-12H,13H2,1-3H3. The van der Waals surface area contributed by atoms with Crippen molar-refractivity contribution >= 4 is 45.5 Å². The van der Waals surface area contributed by atoms with Crippen LogP contribution in [0.15, 0.2) is 58.3 Å². The fraction of sp³-hybridized carbons (Fsp3) is 0.174. The van der Waals surface area contributed by atoms with Gasteiger partial charge < -0.3 is 4.42 Å². The maximum atomic E-state index is 13.6. The molecular formula is C23H20ClNO2S. The number of carbonyl (C=O) groups is 1. The number of hydrogen-bond acceptors (Lipinski definition) is 3. The Morgan fingerprint density at radius 3 is 2.54 bits per heavy atom. The number of aryl methyl sites for hydroxylation is 3. The third-order valence-electron chi connectivity index (χ3n) is 5.03. The highest BCUT2D eigenvalue weighted by Crippen LogP contribution is 2.33. The van der Waals surface area contributed by atoms with Crippen molar-refractivity contribution in [1.82, 2.24) is 0 Å². The summed E-state index contributed by atoms with van der Waals surface area (Å²) in [6.45, 7) is 6.48. The van der Waals surface area contributed by atoms with Gasteiger partial charge in [-0.25, -0.2) is 0 Å². The van der Waals surface area contributed by atoms with E-state index in [1.807, 2.05) is 55.6 Å². The Kier molecular flexibility index (Phi) is 5.00. The number of nitrogens with zero attached hydrogens (tertiary/aromatic N) is 1. The molecular weight excluding hydrogens is 390 g/mol.